The molecule has 0 radical (unpaired) electrons. The number of hydrogen-bond donors (Lipinski definition) is 0. The zero-order chi connectivity index (χ0) is 42.1. The lowest BCUT2D eigenvalue weighted by molar-refractivity contribution is 1.18. The SMILES string of the molecule is c1ccc(-c2cccc(-n3c4ccccc4c4ccc(-c5cccc(N(c6cccc7c6sc6ccccc67)c6cccc7c6c6ccccc6n7-c6ccccc6)c5)cc43)c2)cc1. The van der Waals surface area contributed by atoms with Crippen LogP contribution in [0.4, 0.5) is 17.1 Å². The van der Waals surface area contributed by atoms with Gasteiger partial charge >= 0.3 is 0 Å². The van der Waals surface area contributed by atoms with Crippen molar-refractivity contribution in [1.82, 2.24) is 9.13 Å². The van der Waals surface area contributed by atoms with Gasteiger partial charge in [0.05, 0.1) is 38.1 Å². The van der Waals surface area contributed by atoms with E-state index in [4.69, 9.17) is 0 Å². The summed E-state index contributed by atoms with van der Waals surface area (Å²) in [5.41, 5.74) is 15.1. The Morgan fingerprint density at radius 1 is 0.312 bits per heavy atom. The highest BCUT2D eigenvalue weighted by Crippen LogP contribution is 2.49. The molecule has 0 saturated heterocycles. The molecule has 3 heterocycles. The first-order chi connectivity index (χ1) is 31.8. The topological polar surface area (TPSA) is 13.1 Å². The van der Waals surface area contributed by atoms with Crippen LogP contribution in [0.3, 0.4) is 0 Å². The van der Waals surface area contributed by atoms with E-state index >= 15 is 0 Å². The van der Waals surface area contributed by atoms with Crippen LogP contribution in [0.1, 0.15) is 0 Å². The molecular weight excluding hydrogens is 795 g/mol. The highest BCUT2D eigenvalue weighted by molar-refractivity contribution is 7.26. The average Bonchev–Trinajstić information content (AvgIpc) is 4.03. The number of fused-ring (bicyclic) bond motifs is 9. The number of hydrogen-bond acceptors (Lipinski definition) is 2. The van der Waals surface area contributed by atoms with Gasteiger partial charge in [0.2, 0.25) is 0 Å². The fourth-order valence-corrected chi connectivity index (χ4v) is 11.3. The summed E-state index contributed by atoms with van der Waals surface area (Å²) in [6.07, 6.45) is 0. The van der Waals surface area contributed by atoms with Crippen molar-refractivity contribution in [3.05, 3.63) is 237 Å². The summed E-state index contributed by atoms with van der Waals surface area (Å²) in [4.78, 5) is 2.51. The van der Waals surface area contributed by atoms with Gasteiger partial charge in [-0.15, -0.1) is 11.3 Å². The molecule has 0 spiro atoms. The second-order valence-corrected chi connectivity index (χ2v) is 17.6. The Bertz CT molecular complexity index is 3910. The lowest BCUT2D eigenvalue weighted by Gasteiger charge is -2.27. The van der Waals surface area contributed by atoms with Gasteiger partial charge in [0, 0.05) is 54.1 Å². The summed E-state index contributed by atoms with van der Waals surface area (Å²) in [6, 6.07) is 86.4. The van der Waals surface area contributed by atoms with Gasteiger partial charge < -0.3 is 14.0 Å². The van der Waals surface area contributed by atoms with Crippen LogP contribution in [0.25, 0.3) is 97.4 Å². The summed E-state index contributed by atoms with van der Waals surface area (Å²) in [6.45, 7) is 0. The van der Waals surface area contributed by atoms with Crippen LogP contribution < -0.4 is 4.90 Å². The van der Waals surface area contributed by atoms with Crippen molar-refractivity contribution >= 4 is 92.2 Å². The Labute approximate surface area is 374 Å². The van der Waals surface area contributed by atoms with E-state index in [2.05, 4.69) is 251 Å². The first-order valence-corrected chi connectivity index (χ1v) is 22.7. The maximum Gasteiger partial charge on any atom is 0.0640 e. The van der Waals surface area contributed by atoms with Gasteiger partial charge in [-0.2, -0.15) is 0 Å². The molecule has 4 heteroatoms. The van der Waals surface area contributed by atoms with E-state index in [0.717, 1.165) is 39.6 Å². The summed E-state index contributed by atoms with van der Waals surface area (Å²) < 4.78 is 7.39. The van der Waals surface area contributed by atoms with Gasteiger partial charge in [0.1, 0.15) is 0 Å². The number of anilines is 3. The number of nitrogens with zero attached hydrogens (tertiary/aromatic N) is 3. The number of para-hydroxylation sites is 3. The largest absolute Gasteiger partial charge is 0.309 e. The van der Waals surface area contributed by atoms with Crippen molar-refractivity contribution in [3.63, 3.8) is 0 Å². The van der Waals surface area contributed by atoms with Crippen LogP contribution in [0.5, 0.6) is 0 Å². The van der Waals surface area contributed by atoms with Crippen molar-refractivity contribution in [2.24, 2.45) is 0 Å². The predicted octanol–water partition coefficient (Wildman–Crippen LogP) is 17.1. The molecule has 3 aromatic heterocycles. The van der Waals surface area contributed by atoms with Crippen LogP contribution in [0.15, 0.2) is 237 Å². The molecule has 64 heavy (non-hydrogen) atoms. The lowest BCUT2D eigenvalue weighted by atomic mass is 10.0. The molecule has 13 aromatic rings. The molecule has 0 aliphatic heterocycles. The van der Waals surface area contributed by atoms with Gasteiger partial charge in [-0.1, -0.05) is 158 Å². The van der Waals surface area contributed by atoms with Crippen LogP contribution >= 0.6 is 11.3 Å². The zero-order valence-electron chi connectivity index (χ0n) is 34.8. The molecule has 10 aromatic carbocycles. The molecule has 0 atom stereocenters. The predicted molar refractivity (Wildman–Crippen MR) is 274 cm³/mol. The highest BCUT2D eigenvalue weighted by atomic mass is 32.1. The van der Waals surface area contributed by atoms with Crippen LogP contribution in [-0.2, 0) is 0 Å². The van der Waals surface area contributed by atoms with Crippen LogP contribution in [-0.4, -0.2) is 9.13 Å². The van der Waals surface area contributed by atoms with Crippen molar-refractivity contribution < 1.29 is 0 Å². The van der Waals surface area contributed by atoms with Crippen LogP contribution in [0, 0.1) is 0 Å². The number of benzene rings is 10. The third-order valence-electron chi connectivity index (χ3n) is 12.9. The smallest absolute Gasteiger partial charge is 0.0640 e. The van der Waals surface area contributed by atoms with E-state index in [-0.39, 0.29) is 0 Å². The van der Waals surface area contributed by atoms with E-state index in [1.807, 2.05) is 11.3 Å². The molecule has 13 rings (SSSR count). The van der Waals surface area contributed by atoms with E-state index in [9.17, 15) is 0 Å². The fraction of sp³-hybridized carbons (Fsp3) is 0. The van der Waals surface area contributed by atoms with Gasteiger partial charge in [0.15, 0.2) is 0 Å². The van der Waals surface area contributed by atoms with Crippen molar-refractivity contribution in [3.8, 4) is 33.6 Å². The Kier molecular flexibility index (Phi) is 8.40. The summed E-state index contributed by atoms with van der Waals surface area (Å²) in [7, 11) is 0. The third kappa shape index (κ3) is 5.73. The van der Waals surface area contributed by atoms with Gasteiger partial charge in [-0.3, -0.25) is 0 Å². The Hall–Kier alpha value is -8.18. The Balaban J connectivity index is 1.04. The first kappa shape index (κ1) is 36.5. The zero-order valence-corrected chi connectivity index (χ0v) is 35.6. The number of thiophene rings is 1. The number of aromatic nitrogens is 2. The lowest BCUT2D eigenvalue weighted by Crippen LogP contribution is -2.10. The van der Waals surface area contributed by atoms with Crippen molar-refractivity contribution in [2.75, 3.05) is 4.90 Å². The average molecular weight is 834 g/mol. The first-order valence-electron chi connectivity index (χ1n) is 21.8. The summed E-state index contributed by atoms with van der Waals surface area (Å²) in [5.74, 6) is 0. The van der Waals surface area contributed by atoms with Crippen molar-refractivity contribution in [2.45, 2.75) is 0 Å². The molecule has 0 bridgehead atoms. The molecule has 0 aliphatic rings. The molecule has 300 valence electrons. The monoisotopic (exact) mass is 833 g/mol. The normalized spacial score (nSPS) is 11.8. The maximum atomic E-state index is 2.51. The fourth-order valence-electron chi connectivity index (χ4n) is 10.1. The minimum absolute atomic E-state index is 1.10. The molecule has 3 nitrogen and oxygen atoms in total. The van der Waals surface area contributed by atoms with Crippen molar-refractivity contribution in [1.29, 1.82) is 0 Å². The molecule has 0 unspecified atom stereocenters. The quantitative estimate of drug-likeness (QED) is 0.156. The molecule has 0 fully saturated rings. The second kappa shape index (κ2) is 14.7. The van der Waals surface area contributed by atoms with Crippen LogP contribution in [0.2, 0.25) is 0 Å². The number of rotatable bonds is 7. The minimum Gasteiger partial charge on any atom is -0.309 e. The van der Waals surface area contributed by atoms with E-state index in [1.54, 1.807) is 0 Å². The highest BCUT2D eigenvalue weighted by Gasteiger charge is 2.24. The Morgan fingerprint density at radius 2 is 0.859 bits per heavy atom. The molecule has 0 saturated carbocycles. The summed E-state index contributed by atoms with van der Waals surface area (Å²) in [5, 5.41) is 7.47. The van der Waals surface area contributed by atoms with Gasteiger partial charge in [-0.25, -0.2) is 0 Å². The third-order valence-corrected chi connectivity index (χ3v) is 14.1. The van der Waals surface area contributed by atoms with E-state index in [0.29, 0.717) is 0 Å². The van der Waals surface area contributed by atoms with E-state index in [1.165, 1.54) is 74.9 Å². The molecule has 0 amide bonds. The molecular formula is C60H39N3S. The van der Waals surface area contributed by atoms with E-state index < -0.39 is 0 Å². The second-order valence-electron chi connectivity index (χ2n) is 16.5. The molecule has 0 N–H and O–H groups in total. The van der Waals surface area contributed by atoms with Gasteiger partial charge in [-0.05, 0) is 101 Å². The standard InChI is InChI=1S/C60H39N3S/c1-3-17-40(18-4-1)41-19-13-23-45(37-41)62-52-29-10-7-25-47(52)48-36-35-43(39-57(48)62)42-20-14-24-46(38-42)63(56-33-15-28-50-49-26-9-12-34-58(49)64-60(50)56)55-32-16-31-54-59(55)51-27-8-11-30-53(51)61(54)44-21-5-2-6-22-44/h1-39H. The summed E-state index contributed by atoms with van der Waals surface area (Å²) >= 11 is 1.87. The Morgan fingerprint density at radius 3 is 1.70 bits per heavy atom. The van der Waals surface area contributed by atoms with Gasteiger partial charge in [0.25, 0.3) is 0 Å². The maximum absolute atomic E-state index is 2.51. The molecule has 0 aliphatic carbocycles. The minimum atomic E-state index is 1.10.